The van der Waals surface area contributed by atoms with Gasteiger partial charge in [-0.2, -0.15) is 0 Å². The Morgan fingerprint density at radius 3 is 2.39 bits per heavy atom. The number of hydrogen-bond donors (Lipinski definition) is 1. The number of carbonyl (C=O) groups excluding carboxylic acids is 1. The van der Waals surface area contributed by atoms with Gasteiger partial charge in [0.15, 0.2) is 0 Å². The van der Waals surface area contributed by atoms with Gasteiger partial charge in [0.25, 0.3) is 0 Å². The zero-order chi connectivity index (χ0) is 20.0. The summed E-state index contributed by atoms with van der Waals surface area (Å²) in [6.45, 7) is 11.2. The van der Waals surface area contributed by atoms with Crippen molar-refractivity contribution in [2.45, 2.75) is 78.8 Å². The summed E-state index contributed by atoms with van der Waals surface area (Å²) in [5.74, 6) is 2.14. The molecular weight excluding hydrogens is 344 g/mol. The van der Waals surface area contributed by atoms with Gasteiger partial charge in [-0.3, -0.25) is 4.79 Å². The maximum Gasteiger partial charge on any atom is 0.247 e. The first-order chi connectivity index (χ1) is 13.4. The van der Waals surface area contributed by atoms with Crippen LogP contribution in [-0.4, -0.2) is 16.5 Å². The second-order valence-electron chi connectivity index (χ2n) is 9.73. The minimum absolute atomic E-state index is 0.184. The molecule has 1 N–H and O–H groups in total. The second-order valence-corrected chi connectivity index (χ2v) is 9.73. The third-order valence-electron chi connectivity index (χ3n) is 7.58. The van der Waals surface area contributed by atoms with Gasteiger partial charge in [-0.05, 0) is 69.9 Å². The van der Waals surface area contributed by atoms with Crippen LogP contribution in [0, 0.1) is 37.5 Å². The van der Waals surface area contributed by atoms with E-state index in [1.54, 1.807) is 0 Å². The molecule has 1 heterocycles. The molecule has 1 saturated carbocycles. The predicted octanol–water partition coefficient (Wildman–Crippen LogP) is 5.50. The van der Waals surface area contributed by atoms with E-state index in [1.807, 2.05) is 0 Å². The summed E-state index contributed by atoms with van der Waals surface area (Å²) in [5.41, 5.74) is 5.09. The second kappa shape index (κ2) is 7.57. The third kappa shape index (κ3) is 3.38. The number of nitrogens with zero attached hydrogens (tertiary/aromatic N) is 1. The molecule has 3 heteroatoms. The number of aromatic nitrogens is 1. The SMILES string of the molecule is CC1=C[C@@H]2C(C(=O)N[C@H]3CCCC[C@@H]3n3c(C)ccc3C)=C[C@H]1C[C@@H]2C(C)C. The van der Waals surface area contributed by atoms with E-state index in [0.717, 1.165) is 18.4 Å². The summed E-state index contributed by atoms with van der Waals surface area (Å²) in [7, 11) is 0. The number of allylic oxidation sites excluding steroid dienone is 3. The zero-order valence-electron chi connectivity index (χ0n) is 18.2. The monoisotopic (exact) mass is 380 g/mol. The maximum absolute atomic E-state index is 13.4. The summed E-state index contributed by atoms with van der Waals surface area (Å²) < 4.78 is 2.45. The Kier molecular flexibility index (Phi) is 5.28. The summed E-state index contributed by atoms with van der Waals surface area (Å²) in [6, 6.07) is 5.01. The minimum atomic E-state index is 0.184. The number of amides is 1. The number of carbonyl (C=O) groups is 1. The molecule has 0 radical (unpaired) electrons. The Morgan fingerprint density at radius 2 is 1.75 bits per heavy atom. The zero-order valence-corrected chi connectivity index (χ0v) is 18.2. The molecule has 0 spiro atoms. The van der Waals surface area contributed by atoms with Gasteiger partial charge in [-0.15, -0.1) is 0 Å². The molecular formula is C25H36N2O. The molecule has 28 heavy (non-hydrogen) atoms. The van der Waals surface area contributed by atoms with Gasteiger partial charge in [0, 0.05) is 28.9 Å². The summed E-state index contributed by atoms with van der Waals surface area (Å²) >= 11 is 0. The van der Waals surface area contributed by atoms with Crippen LogP contribution < -0.4 is 5.32 Å². The maximum atomic E-state index is 13.4. The van der Waals surface area contributed by atoms with Crippen molar-refractivity contribution in [2.24, 2.45) is 23.7 Å². The molecule has 1 aromatic heterocycles. The first kappa shape index (κ1) is 19.5. The molecule has 2 bridgehead atoms. The average molecular weight is 381 g/mol. The Morgan fingerprint density at radius 1 is 1.07 bits per heavy atom. The van der Waals surface area contributed by atoms with Crippen LogP contribution >= 0.6 is 0 Å². The van der Waals surface area contributed by atoms with Crippen molar-refractivity contribution in [3.63, 3.8) is 0 Å². The third-order valence-corrected chi connectivity index (χ3v) is 7.58. The Labute approximate surface area is 170 Å². The van der Waals surface area contributed by atoms with Crippen LogP contribution in [0.1, 0.15) is 70.3 Å². The average Bonchev–Trinajstić information content (AvgIpc) is 3.00. The molecule has 5 atom stereocenters. The standard InChI is InChI=1S/C25H36N2O/c1-15(2)20-13-19-14-22(21(20)12-16(19)3)25(28)26-23-8-6-7-9-24(23)27-17(4)10-11-18(27)5/h10-12,14-15,19-21,23-24H,6-9,13H2,1-5H3,(H,26,28)/t19-,20-,21+,23+,24+/m1/s1. The first-order valence-corrected chi connectivity index (χ1v) is 11.2. The molecule has 1 fully saturated rings. The lowest BCUT2D eigenvalue weighted by atomic mass is 9.63. The van der Waals surface area contributed by atoms with Crippen molar-refractivity contribution in [3.8, 4) is 0 Å². The van der Waals surface area contributed by atoms with Crippen LogP contribution in [0.25, 0.3) is 0 Å². The van der Waals surface area contributed by atoms with E-state index in [1.165, 1.54) is 36.2 Å². The van der Waals surface area contributed by atoms with Gasteiger partial charge < -0.3 is 9.88 Å². The molecule has 0 aliphatic heterocycles. The normalized spacial score (nSPS) is 32.3. The van der Waals surface area contributed by atoms with Crippen LogP contribution in [0.5, 0.6) is 0 Å². The molecule has 0 unspecified atom stereocenters. The summed E-state index contributed by atoms with van der Waals surface area (Å²) in [6.07, 6.45) is 10.6. The minimum Gasteiger partial charge on any atom is -0.347 e. The molecule has 0 aromatic carbocycles. The Balaban J connectivity index is 1.55. The molecule has 1 amide bonds. The predicted molar refractivity (Wildman–Crippen MR) is 115 cm³/mol. The lowest BCUT2D eigenvalue weighted by Gasteiger charge is -2.42. The Bertz CT molecular complexity index is 793. The molecule has 3 nitrogen and oxygen atoms in total. The molecule has 4 aliphatic rings. The van der Waals surface area contributed by atoms with Crippen molar-refractivity contribution >= 4 is 5.91 Å². The van der Waals surface area contributed by atoms with Gasteiger partial charge >= 0.3 is 0 Å². The fourth-order valence-electron chi connectivity index (χ4n) is 5.96. The summed E-state index contributed by atoms with van der Waals surface area (Å²) in [5, 5.41) is 3.48. The van der Waals surface area contributed by atoms with Crippen molar-refractivity contribution in [3.05, 3.63) is 46.8 Å². The highest BCUT2D eigenvalue weighted by Crippen LogP contribution is 2.46. The quantitative estimate of drug-likeness (QED) is 0.688. The van der Waals surface area contributed by atoms with Crippen molar-refractivity contribution in [2.75, 3.05) is 0 Å². The van der Waals surface area contributed by atoms with Crippen molar-refractivity contribution in [1.82, 2.24) is 9.88 Å². The van der Waals surface area contributed by atoms with Gasteiger partial charge in [-0.1, -0.05) is 44.4 Å². The van der Waals surface area contributed by atoms with E-state index >= 15 is 0 Å². The number of fused-ring (bicyclic) bond motifs is 1. The van der Waals surface area contributed by atoms with E-state index in [-0.39, 0.29) is 11.9 Å². The highest BCUT2D eigenvalue weighted by molar-refractivity contribution is 5.95. The highest BCUT2D eigenvalue weighted by atomic mass is 16.1. The highest BCUT2D eigenvalue weighted by Gasteiger charge is 2.40. The van der Waals surface area contributed by atoms with E-state index in [9.17, 15) is 4.79 Å². The topological polar surface area (TPSA) is 34.0 Å². The molecule has 0 saturated heterocycles. The number of hydrogen-bond acceptors (Lipinski definition) is 1. The molecule has 152 valence electrons. The van der Waals surface area contributed by atoms with Crippen LogP contribution in [0.2, 0.25) is 0 Å². The Hall–Kier alpha value is -1.77. The fourth-order valence-corrected chi connectivity index (χ4v) is 5.96. The largest absolute Gasteiger partial charge is 0.347 e. The number of aryl methyl sites for hydroxylation is 2. The van der Waals surface area contributed by atoms with Crippen LogP contribution in [0.15, 0.2) is 35.4 Å². The smallest absolute Gasteiger partial charge is 0.247 e. The first-order valence-electron chi connectivity index (χ1n) is 11.2. The molecule has 1 aromatic rings. The van der Waals surface area contributed by atoms with Crippen LogP contribution in [-0.2, 0) is 4.79 Å². The number of rotatable bonds is 4. The summed E-state index contributed by atoms with van der Waals surface area (Å²) in [4.78, 5) is 13.4. The molecule has 5 rings (SSSR count). The molecule has 4 aliphatic carbocycles. The van der Waals surface area contributed by atoms with Gasteiger partial charge in [0.2, 0.25) is 5.91 Å². The number of nitrogens with one attached hydrogen (secondary N) is 1. The van der Waals surface area contributed by atoms with Gasteiger partial charge in [0.05, 0.1) is 6.04 Å². The van der Waals surface area contributed by atoms with Crippen molar-refractivity contribution in [1.29, 1.82) is 0 Å². The van der Waals surface area contributed by atoms with Gasteiger partial charge in [0.1, 0.15) is 0 Å². The lowest BCUT2D eigenvalue weighted by Crippen LogP contribution is -2.46. The van der Waals surface area contributed by atoms with E-state index < -0.39 is 0 Å². The fraction of sp³-hybridized carbons (Fsp3) is 0.640. The van der Waals surface area contributed by atoms with Crippen LogP contribution in [0.4, 0.5) is 0 Å². The van der Waals surface area contributed by atoms with E-state index in [4.69, 9.17) is 0 Å². The van der Waals surface area contributed by atoms with E-state index in [0.29, 0.717) is 29.7 Å². The van der Waals surface area contributed by atoms with Crippen LogP contribution in [0.3, 0.4) is 0 Å². The lowest BCUT2D eigenvalue weighted by molar-refractivity contribution is -0.119. The van der Waals surface area contributed by atoms with E-state index in [2.05, 4.69) is 68.8 Å². The van der Waals surface area contributed by atoms with Crippen molar-refractivity contribution < 1.29 is 4.79 Å². The van der Waals surface area contributed by atoms with Gasteiger partial charge in [-0.25, -0.2) is 0 Å².